The first-order valence-electron chi connectivity index (χ1n) is 5.42. The number of hydrogen-bond acceptors (Lipinski definition) is 4. The molecular formula is C12H18N2O3. The van der Waals surface area contributed by atoms with Gasteiger partial charge in [-0.2, -0.15) is 0 Å². The average Bonchev–Trinajstić information content (AvgIpc) is 2.34. The summed E-state index contributed by atoms with van der Waals surface area (Å²) < 4.78 is 10.7. The normalized spacial score (nSPS) is 9.82. The molecule has 5 nitrogen and oxygen atoms in total. The Kier molecular flexibility index (Phi) is 5.29. The van der Waals surface area contributed by atoms with E-state index in [1.54, 1.807) is 7.11 Å². The number of para-hydroxylation sites is 2. The number of benzene rings is 1. The van der Waals surface area contributed by atoms with Crippen LogP contribution in [0.1, 0.15) is 12.8 Å². The molecule has 17 heavy (non-hydrogen) atoms. The van der Waals surface area contributed by atoms with E-state index in [0.29, 0.717) is 30.9 Å². The third-order valence-corrected chi connectivity index (χ3v) is 2.26. The van der Waals surface area contributed by atoms with Crippen LogP contribution in [0.3, 0.4) is 0 Å². The van der Waals surface area contributed by atoms with Gasteiger partial charge in [-0.3, -0.25) is 9.80 Å². The van der Waals surface area contributed by atoms with Crippen LogP contribution in [0.4, 0.5) is 0 Å². The van der Waals surface area contributed by atoms with E-state index in [2.05, 4.69) is 0 Å². The Morgan fingerprint density at radius 2 is 2.00 bits per heavy atom. The highest BCUT2D eigenvalue weighted by Gasteiger charge is 2.05. The maximum Gasteiger partial charge on any atom is 0.236 e. The molecule has 0 aromatic heterocycles. The van der Waals surface area contributed by atoms with Gasteiger partial charge in [0.2, 0.25) is 5.91 Å². The molecule has 0 radical (unpaired) electrons. The van der Waals surface area contributed by atoms with E-state index in [-0.39, 0.29) is 5.91 Å². The molecule has 0 atom stereocenters. The lowest BCUT2D eigenvalue weighted by Crippen LogP contribution is -2.33. The van der Waals surface area contributed by atoms with Crippen molar-refractivity contribution in [1.82, 2.24) is 5.01 Å². The predicted molar refractivity (Wildman–Crippen MR) is 64.7 cm³/mol. The monoisotopic (exact) mass is 238 g/mol. The van der Waals surface area contributed by atoms with Crippen molar-refractivity contribution in [2.75, 3.05) is 20.8 Å². The predicted octanol–water partition coefficient (Wildman–Crippen LogP) is 1.19. The standard InChI is InChI=1S/C12H18N2O3/c1-14(13)12(15)8-5-9-17-11-7-4-3-6-10(11)16-2/h3-4,6-7H,5,8-9,13H2,1-2H3. The van der Waals surface area contributed by atoms with Gasteiger partial charge in [-0.15, -0.1) is 0 Å². The largest absolute Gasteiger partial charge is 0.493 e. The second kappa shape index (κ2) is 6.75. The van der Waals surface area contributed by atoms with Crippen LogP contribution in [0.25, 0.3) is 0 Å². The number of nitrogens with two attached hydrogens (primary N) is 1. The summed E-state index contributed by atoms with van der Waals surface area (Å²) in [6.07, 6.45) is 1.00. The number of methoxy groups -OCH3 is 1. The molecule has 0 aliphatic carbocycles. The molecule has 0 fully saturated rings. The molecule has 1 aromatic carbocycles. The van der Waals surface area contributed by atoms with E-state index in [9.17, 15) is 4.79 Å². The number of ether oxygens (including phenoxy) is 2. The minimum absolute atomic E-state index is 0.103. The van der Waals surface area contributed by atoms with Gasteiger partial charge >= 0.3 is 0 Å². The Morgan fingerprint density at radius 3 is 2.59 bits per heavy atom. The summed E-state index contributed by atoms with van der Waals surface area (Å²) in [5.41, 5.74) is 0. The lowest BCUT2D eigenvalue weighted by Gasteiger charge is -2.11. The highest BCUT2D eigenvalue weighted by atomic mass is 16.5. The van der Waals surface area contributed by atoms with Crippen molar-refractivity contribution in [3.8, 4) is 11.5 Å². The van der Waals surface area contributed by atoms with Crippen molar-refractivity contribution in [3.05, 3.63) is 24.3 Å². The molecule has 0 spiro atoms. The van der Waals surface area contributed by atoms with Gasteiger partial charge in [-0.1, -0.05) is 12.1 Å². The van der Waals surface area contributed by atoms with Crippen LogP contribution in [0.15, 0.2) is 24.3 Å². The molecule has 0 bridgehead atoms. The summed E-state index contributed by atoms with van der Waals surface area (Å²) in [4.78, 5) is 11.2. The first-order chi connectivity index (χ1) is 8.15. The Morgan fingerprint density at radius 1 is 1.35 bits per heavy atom. The summed E-state index contributed by atoms with van der Waals surface area (Å²) >= 11 is 0. The summed E-state index contributed by atoms with van der Waals surface area (Å²) in [7, 11) is 3.12. The molecule has 0 aliphatic rings. The molecule has 0 saturated heterocycles. The Balaban J connectivity index is 2.33. The Hall–Kier alpha value is -1.75. The highest BCUT2D eigenvalue weighted by molar-refractivity contribution is 5.75. The SMILES string of the molecule is COc1ccccc1OCCCC(=O)N(C)N. The third-order valence-electron chi connectivity index (χ3n) is 2.26. The molecule has 1 aromatic rings. The molecule has 0 saturated carbocycles. The third kappa shape index (κ3) is 4.32. The summed E-state index contributed by atoms with van der Waals surface area (Å²) in [5, 5.41) is 1.09. The zero-order valence-corrected chi connectivity index (χ0v) is 10.2. The van der Waals surface area contributed by atoms with Crippen molar-refractivity contribution in [2.24, 2.45) is 5.84 Å². The Bertz CT molecular complexity index is 367. The van der Waals surface area contributed by atoms with E-state index in [1.165, 1.54) is 7.05 Å². The summed E-state index contributed by atoms with van der Waals surface area (Å²) in [6, 6.07) is 7.40. The fraction of sp³-hybridized carbons (Fsp3) is 0.417. The van der Waals surface area contributed by atoms with E-state index in [0.717, 1.165) is 5.01 Å². The molecule has 0 heterocycles. The van der Waals surface area contributed by atoms with Crippen molar-refractivity contribution in [1.29, 1.82) is 0 Å². The van der Waals surface area contributed by atoms with Crippen LogP contribution in [0.2, 0.25) is 0 Å². The lowest BCUT2D eigenvalue weighted by atomic mass is 10.3. The van der Waals surface area contributed by atoms with E-state index < -0.39 is 0 Å². The van der Waals surface area contributed by atoms with Crippen LogP contribution >= 0.6 is 0 Å². The van der Waals surface area contributed by atoms with Crippen LogP contribution in [0, 0.1) is 0 Å². The zero-order chi connectivity index (χ0) is 12.7. The minimum atomic E-state index is -0.103. The van der Waals surface area contributed by atoms with E-state index in [1.807, 2.05) is 24.3 Å². The smallest absolute Gasteiger partial charge is 0.236 e. The fourth-order valence-electron chi connectivity index (χ4n) is 1.32. The first kappa shape index (κ1) is 13.3. The van der Waals surface area contributed by atoms with Gasteiger partial charge in [0, 0.05) is 13.5 Å². The van der Waals surface area contributed by atoms with Gasteiger partial charge in [0.15, 0.2) is 11.5 Å². The maximum atomic E-state index is 11.2. The summed E-state index contributed by atoms with van der Waals surface area (Å²) in [6.45, 7) is 0.458. The average molecular weight is 238 g/mol. The van der Waals surface area contributed by atoms with E-state index in [4.69, 9.17) is 15.3 Å². The number of rotatable bonds is 6. The molecule has 5 heteroatoms. The van der Waals surface area contributed by atoms with Gasteiger partial charge in [0.25, 0.3) is 0 Å². The first-order valence-corrected chi connectivity index (χ1v) is 5.42. The van der Waals surface area contributed by atoms with Crippen LogP contribution in [-0.2, 0) is 4.79 Å². The quantitative estimate of drug-likeness (QED) is 0.350. The second-order valence-corrected chi connectivity index (χ2v) is 3.61. The van der Waals surface area contributed by atoms with Gasteiger partial charge in [-0.25, -0.2) is 5.84 Å². The number of carbonyl (C=O) groups excluding carboxylic acids is 1. The van der Waals surface area contributed by atoms with Gasteiger partial charge in [-0.05, 0) is 18.6 Å². The summed E-state index contributed by atoms with van der Waals surface area (Å²) in [5.74, 6) is 6.57. The van der Waals surface area contributed by atoms with Crippen LogP contribution in [-0.4, -0.2) is 31.7 Å². The van der Waals surface area contributed by atoms with Crippen LogP contribution in [0.5, 0.6) is 11.5 Å². The van der Waals surface area contributed by atoms with Crippen molar-refractivity contribution < 1.29 is 14.3 Å². The molecule has 94 valence electrons. The zero-order valence-electron chi connectivity index (χ0n) is 10.2. The van der Waals surface area contributed by atoms with Gasteiger partial charge in [0.05, 0.1) is 13.7 Å². The molecule has 1 amide bonds. The van der Waals surface area contributed by atoms with Gasteiger partial charge < -0.3 is 9.47 Å². The Labute approximate surface area is 101 Å². The van der Waals surface area contributed by atoms with Crippen LogP contribution < -0.4 is 15.3 Å². The number of nitrogens with zero attached hydrogens (tertiary/aromatic N) is 1. The number of hydrazine groups is 1. The second-order valence-electron chi connectivity index (χ2n) is 3.61. The van der Waals surface area contributed by atoms with Crippen molar-refractivity contribution in [3.63, 3.8) is 0 Å². The topological polar surface area (TPSA) is 64.8 Å². The molecule has 1 rings (SSSR count). The fourth-order valence-corrected chi connectivity index (χ4v) is 1.32. The number of carbonyl (C=O) groups is 1. The lowest BCUT2D eigenvalue weighted by molar-refractivity contribution is -0.130. The van der Waals surface area contributed by atoms with Crippen molar-refractivity contribution >= 4 is 5.91 Å². The maximum absolute atomic E-state index is 11.2. The van der Waals surface area contributed by atoms with Crippen molar-refractivity contribution in [2.45, 2.75) is 12.8 Å². The molecule has 0 aliphatic heterocycles. The minimum Gasteiger partial charge on any atom is -0.493 e. The molecule has 2 N–H and O–H groups in total. The number of amides is 1. The number of hydrogen-bond donors (Lipinski definition) is 1. The highest BCUT2D eigenvalue weighted by Crippen LogP contribution is 2.25. The molecular weight excluding hydrogens is 220 g/mol. The molecule has 0 unspecified atom stereocenters. The van der Waals surface area contributed by atoms with E-state index >= 15 is 0 Å². The van der Waals surface area contributed by atoms with Gasteiger partial charge in [0.1, 0.15) is 0 Å².